The molecule has 1 saturated heterocycles. The van der Waals surface area contributed by atoms with Gasteiger partial charge >= 0.3 is 0 Å². The third kappa shape index (κ3) is 8.40. The van der Waals surface area contributed by atoms with Gasteiger partial charge in [-0.05, 0) is 19.5 Å². The van der Waals surface area contributed by atoms with Crippen LogP contribution in [-0.2, 0) is 34.4 Å². The number of nitrogens with zero attached hydrogens (tertiary/aromatic N) is 4. The lowest BCUT2D eigenvalue weighted by Gasteiger charge is -2.33. The molecule has 0 amide bonds. The molecule has 17 heteroatoms. The minimum Gasteiger partial charge on any atom is -0.368 e. The normalized spacial score (nSPS) is 16.4. The summed E-state index contributed by atoms with van der Waals surface area (Å²) < 4.78 is 86.8. The van der Waals surface area contributed by atoms with Crippen molar-refractivity contribution in [1.29, 1.82) is 0 Å². The van der Waals surface area contributed by atoms with Crippen LogP contribution in [0.15, 0.2) is 23.1 Å². The van der Waals surface area contributed by atoms with E-state index < -0.39 is 46.6 Å². The highest BCUT2D eigenvalue weighted by Gasteiger charge is 2.32. The molecule has 0 atom stereocenters. The van der Waals surface area contributed by atoms with Crippen molar-refractivity contribution in [3.8, 4) is 0 Å². The van der Waals surface area contributed by atoms with Gasteiger partial charge in [-0.1, -0.05) is 0 Å². The Bertz CT molecular complexity index is 1160. The molecular formula is C17H28N4O10S3. The zero-order chi connectivity index (χ0) is 25.7. The van der Waals surface area contributed by atoms with Crippen molar-refractivity contribution in [3.63, 3.8) is 0 Å². The van der Waals surface area contributed by atoms with Crippen LogP contribution in [0, 0.1) is 10.1 Å². The Hall–Kier alpha value is -1.89. The van der Waals surface area contributed by atoms with Crippen LogP contribution in [0.25, 0.3) is 0 Å². The van der Waals surface area contributed by atoms with E-state index >= 15 is 0 Å². The summed E-state index contributed by atoms with van der Waals surface area (Å²) in [5, 5.41) is 11.3. The predicted octanol–water partition coefficient (Wildman–Crippen LogP) is -0.409. The Morgan fingerprint density at radius 1 is 1.09 bits per heavy atom. The summed E-state index contributed by atoms with van der Waals surface area (Å²) >= 11 is 0. The van der Waals surface area contributed by atoms with E-state index in [1.54, 1.807) is 0 Å². The number of hydrogen-bond donors (Lipinski definition) is 1. The van der Waals surface area contributed by atoms with Crippen molar-refractivity contribution in [2.75, 3.05) is 69.8 Å². The highest BCUT2D eigenvalue weighted by molar-refractivity contribution is 7.89. The van der Waals surface area contributed by atoms with Crippen LogP contribution in [-0.4, -0.2) is 109 Å². The lowest BCUT2D eigenvalue weighted by Crippen LogP contribution is -2.47. The van der Waals surface area contributed by atoms with Gasteiger partial charge in [0, 0.05) is 51.4 Å². The smallest absolute Gasteiger partial charge is 0.270 e. The molecule has 0 saturated carbocycles. The Balaban J connectivity index is 2.48. The molecule has 0 aromatic heterocycles. The zero-order valence-electron chi connectivity index (χ0n) is 18.7. The summed E-state index contributed by atoms with van der Waals surface area (Å²) in [6, 6.07) is 3.25. The van der Waals surface area contributed by atoms with Crippen LogP contribution in [0.5, 0.6) is 0 Å². The summed E-state index contributed by atoms with van der Waals surface area (Å²) in [5.74, 6) is -0.621. The lowest BCUT2D eigenvalue weighted by atomic mass is 10.2. The van der Waals surface area contributed by atoms with E-state index in [4.69, 9.17) is 8.74 Å². The van der Waals surface area contributed by atoms with E-state index in [1.165, 1.54) is 15.3 Å². The molecule has 0 radical (unpaired) electrons. The third-order valence-corrected chi connectivity index (χ3v) is 8.39. The van der Waals surface area contributed by atoms with Crippen molar-refractivity contribution in [3.05, 3.63) is 28.3 Å². The molecule has 1 fully saturated rings. The maximum Gasteiger partial charge on any atom is 0.270 e. The van der Waals surface area contributed by atoms with Crippen LogP contribution >= 0.6 is 0 Å². The molecule has 1 aliphatic rings. The van der Waals surface area contributed by atoms with Gasteiger partial charge in [0.05, 0.1) is 29.2 Å². The molecule has 0 spiro atoms. The molecule has 1 aromatic rings. The van der Waals surface area contributed by atoms with Crippen molar-refractivity contribution in [1.82, 2.24) is 9.21 Å². The van der Waals surface area contributed by atoms with E-state index in [-0.39, 0.29) is 49.8 Å². The van der Waals surface area contributed by atoms with Gasteiger partial charge in [-0.15, -0.1) is 0 Å². The van der Waals surface area contributed by atoms with Crippen LogP contribution in [0.3, 0.4) is 0 Å². The second kappa shape index (κ2) is 11.2. The van der Waals surface area contributed by atoms with Crippen LogP contribution in [0.2, 0.25) is 0 Å². The predicted molar refractivity (Wildman–Crippen MR) is 123 cm³/mol. The number of benzene rings is 1. The maximum absolute atomic E-state index is 13.5. The highest BCUT2D eigenvalue weighted by Crippen LogP contribution is 2.32. The average Bonchev–Trinajstić information content (AvgIpc) is 2.71. The number of piperazine rings is 1. The topological polar surface area (TPSA) is 185 Å². The molecule has 1 N–H and O–H groups in total. The van der Waals surface area contributed by atoms with Crippen LogP contribution in [0.4, 0.5) is 11.4 Å². The fourth-order valence-corrected chi connectivity index (χ4v) is 5.87. The van der Waals surface area contributed by atoms with Crippen LogP contribution in [0.1, 0.15) is 6.42 Å². The molecule has 34 heavy (non-hydrogen) atoms. The summed E-state index contributed by atoms with van der Waals surface area (Å²) in [4.78, 5) is 13.5. The lowest BCUT2D eigenvalue weighted by molar-refractivity contribution is -0.385. The first kappa shape index (κ1) is 28.3. The first-order valence-electron chi connectivity index (χ1n) is 10.1. The van der Waals surface area contributed by atoms with Crippen molar-refractivity contribution < 1.29 is 38.9 Å². The molecule has 0 unspecified atom stereocenters. The molecule has 1 aromatic carbocycles. The second-order valence-electron chi connectivity index (χ2n) is 7.77. The first-order valence-corrected chi connectivity index (χ1v) is 15.0. The molecule has 14 nitrogen and oxygen atoms in total. The van der Waals surface area contributed by atoms with Gasteiger partial charge in [0.15, 0.2) is 0 Å². The Morgan fingerprint density at radius 3 is 2.24 bits per heavy atom. The average molecular weight is 545 g/mol. The number of likely N-dealkylation sites (N-methyl/N-ethyl adjacent to an activating group) is 1. The van der Waals surface area contributed by atoms with E-state index in [9.17, 15) is 35.4 Å². The summed E-state index contributed by atoms with van der Waals surface area (Å²) in [6.07, 6.45) is 0.716. The second-order valence-corrected chi connectivity index (χ2v) is 12.9. The number of nitro groups is 1. The molecule has 1 heterocycles. The van der Waals surface area contributed by atoms with Gasteiger partial charge in [-0.2, -0.15) is 21.1 Å². The Labute approximate surface area is 199 Å². The number of sulfonamides is 1. The van der Waals surface area contributed by atoms with E-state index in [2.05, 4.69) is 0 Å². The van der Waals surface area contributed by atoms with Gasteiger partial charge in [0.25, 0.3) is 25.9 Å². The highest BCUT2D eigenvalue weighted by atomic mass is 32.2. The maximum atomic E-state index is 13.5. The number of non-ortho nitro benzene ring substituents is 1. The molecule has 1 aliphatic heterocycles. The van der Waals surface area contributed by atoms with E-state index in [1.807, 2.05) is 11.9 Å². The molecule has 194 valence electrons. The zero-order valence-corrected chi connectivity index (χ0v) is 21.2. The SMILES string of the molecule is CN1CCN(S(=O)(=O)c2cc([N+](=O)[O-])ccc2N(CCCS(=O)(=O)O)CCOS(C)(=O)=O)CC1. The van der Waals surface area contributed by atoms with Crippen molar-refractivity contribution >= 4 is 41.6 Å². The van der Waals surface area contributed by atoms with Crippen LogP contribution < -0.4 is 4.90 Å². The van der Waals surface area contributed by atoms with E-state index in [0.29, 0.717) is 13.1 Å². The van der Waals surface area contributed by atoms with Gasteiger partial charge in [0.1, 0.15) is 4.90 Å². The van der Waals surface area contributed by atoms with Crippen molar-refractivity contribution in [2.45, 2.75) is 11.3 Å². The van der Waals surface area contributed by atoms with Gasteiger partial charge in [-0.3, -0.25) is 18.9 Å². The Morgan fingerprint density at radius 2 is 1.71 bits per heavy atom. The summed E-state index contributed by atoms with van der Waals surface area (Å²) in [7, 11) is -10.5. The number of nitro benzene ring substituents is 1. The van der Waals surface area contributed by atoms with E-state index in [0.717, 1.165) is 18.4 Å². The first-order chi connectivity index (χ1) is 15.6. The standard InChI is InChI=1S/C17H28N4O10S3/c1-18-7-9-20(10-8-18)34(29,30)17-14-15(21(22)23)4-5-16(17)19(6-3-13-33(26,27)28)11-12-31-32(2,24)25/h4-5,14H,3,6-13H2,1-2H3,(H,26,27,28). The fraction of sp³-hybridized carbons (Fsp3) is 0.647. The number of anilines is 1. The van der Waals surface area contributed by atoms with Gasteiger partial charge in [-0.25, -0.2) is 8.42 Å². The van der Waals surface area contributed by atoms with Gasteiger partial charge in [0.2, 0.25) is 10.0 Å². The molecule has 2 rings (SSSR count). The fourth-order valence-electron chi connectivity index (χ4n) is 3.34. The largest absolute Gasteiger partial charge is 0.368 e. The quantitative estimate of drug-likeness (QED) is 0.155. The minimum atomic E-state index is -4.30. The summed E-state index contributed by atoms with van der Waals surface area (Å²) in [5.41, 5.74) is -0.432. The van der Waals surface area contributed by atoms with Gasteiger partial charge < -0.3 is 9.80 Å². The minimum absolute atomic E-state index is 0.0250. The third-order valence-electron chi connectivity index (χ3n) is 5.06. The Kier molecular flexibility index (Phi) is 9.37. The molecule has 0 bridgehead atoms. The monoisotopic (exact) mass is 544 g/mol. The van der Waals surface area contributed by atoms with Crippen molar-refractivity contribution in [2.24, 2.45) is 0 Å². The number of rotatable bonds is 12. The summed E-state index contributed by atoms with van der Waals surface area (Å²) in [6.45, 7) is 0.614. The molecule has 0 aliphatic carbocycles. The molecular weight excluding hydrogens is 516 g/mol. The number of hydrogen-bond acceptors (Lipinski definition) is 11.